The Labute approximate surface area is 147 Å². The second kappa shape index (κ2) is 6.72. The van der Waals surface area contributed by atoms with E-state index in [0.717, 1.165) is 35.6 Å². The molecule has 1 aliphatic carbocycles. The van der Waals surface area contributed by atoms with Gasteiger partial charge in [0.2, 0.25) is 0 Å². The highest BCUT2D eigenvalue weighted by Crippen LogP contribution is 2.33. The summed E-state index contributed by atoms with van der Waals surface area (Å²) in [6.07, 6.45) is 6.74. The van der Waals surface area contributed by atoms with E-state index in [4.69, 9.17) is 10.7 Å². The molecule has 1 aliphatic rings. The second-order valence-electron chi connectivity index (χ2n) is 6.75. The van der Waals surface area contributed by atoms with Crippen molar-refractivity contribution in [3.8, 4) is 0 Å². The van der Waals surface area contributed by atoms with Crippen molar-refractivity contribution in [3.63, 3.8) is 0 Å². The summed E-state index contributed by atoms with van der Waals surface area (Å²) in [7, 11) is 2.05. The highest BCUT2D eigenvalue weighted by atomic mass is 15.3. The minimum atomic E-state index is 0.480. The molecule has 2 aromatic heterocycles. The number of nitrogens with two attached hydrogens (primary N) is 1. The van der Waals surface area contributed by atoms with Crippen LogP contribution >= 0.6 is 0 Å². The monoisotopic (exact) mass is 336 g/mol. The molecule has 1 saturated carbocycles. The molecule has 25 heavy (non-hydrogen) atoms. The first-order valence-electron chi connectivity index (χ1n) is 8.88. The van der Waals surface area contributed by atoms with Crippen LogP contribution in [0.25, 0.3) is 5.65 Å². The van der Waals surface area contributed by atoms with Gasteiger partial charge in [-0.2, -0.15) is 0 Å². The Bertz CT molecular complexity index is 849. The Balaban J connectivity index is 1.65. The highest BCUT2D eigenvalue weighted by Gasteiger charge is 2.24. The molecule has 4 rings (SSSR count). The Kier molecular flexibility index (Phi) is 4.28. The average molecular weight is 336 g/mol. The zero-order chi connectivity index (χ0) is 17.2. The number of nitrogens with zero attached hydrogens (tertiary/aromatic N) is 3. The van der Waals surface area contributed by atoms with Crippen molar-refractivity contribution in [2.75, 3.05) is 18.1 Å². The van der Waals surface area contributed by atoms with Gasteiger partial charge in [0, 0.05) is 23.7 Å². The van der Waals surface area contributed by atoms with Gasteiger partial charge in [0.25, 0.3) is 0 Å². The van der Waals surface area contributed by atoms with Crippen LogP contribution in [0.3, 0.4) is 0 Å². The lowest BCUT2D eigenvalue weighted by atomic mass is 9.84. The summed E-state index contributed by atoms with van der Waals surface area (Å²) in [6, 6.07) is 12.5. The molecule has 3 aromatic rings. The molecule has 0 atom stereocenters. The normalized spacial score (nSPS) is 20.7. The summed E-state index contributed by atoms with van der Waals surface area (Å²) in [6.45, 7) is 0. The predicted octanol–water partition coefficient (Wildman–Crippen LogP) is 3.30. The smallest absolute Gasteiger partial charge is 0.177 e. The van der Waals surface area contributed by atoms with Crippen LogP contribution in [-0.2, 0) is 0 Å². The number of rotatable bonds is 4. The van der Waals surface area contributed by atoms with E-state index >= 15 is 0 Å². The van der Waals surface area contributed by atoms with Crippen molar-refractivity contribution >= 4 is 22.8 Å². The summed E-state index contributed by atoms with van der Waals surface area (Å²) in [5.74, 6) is 0.978. The van der Waals surface area contributed by atoms with Crippen LogP contribution in [0.5, 0.6) is 0 Å². The van der Waals surface area contributed by atoms with Gasteiger partial charge in [0.1, 0.15) is 5.82 Å². The van der Waals surface area contributed by atoms with Crippen LogP contribution in [0, 0.1) is 0 Å². The van der Waals surface area contributed by atoms with Gasteiger partial charge in [-0.1, -0.05) is 18.2 Å². The molecular formula is C19H24N6. The Hall–Kier alpha value is -2.60. The van der Waals surface area contributed by atoms with Crippen LogP contribution in [0.2, 0.25) is 0 Å². The minimum Gasteiger partial charge on any atom is -0.382 e. The molecule has 4 N–H and O–H groups in total. The van der Waals surface area contributed by atoms with Gasteiger partial charge in [0.05, 0.1) is 17.6 Å². The van der Waals surface area contributed by atoms with E-state index in [1.54, 1.807) is 4.52 Å². The number of hydrogen-bond donors (Lipinski definition) is 3. The summed E-state index contributed by atoms with van der Waals surface area (Å²) >= 11 is 0. The van der Waals surface area contributed by atoms with Gasteiger partial charge in [-0.3, -0.25) is 0 Å². The molecule has 0 spiro atoms. The highest BCUT2D eigenvalue weighted by molar-refractivity contribution is 5.75. The van der Waals surface area contributed by atoms with E-state index in [-0.39, 0.29) is 0 Å². The Morgan fingerprint density at radius 3 is 2.60 bits per heavy atom. The molecule has 0 aliphatic heterocycles. The van der Waals surface area contributed by atoms with Crippen LogP contribution in [0.15, 0.2) is 42.6 Å². The van der Waals surface area contributed by atoms with Crippen molar-refractivity contribution in [2.24, 2.45) is 0 Å². The quantitative estimate of drug-likeness (QED) is 0.681. The van der Waals surface area contributed by atoms with Gasteiger partial charge in [0.15, 0.2) is 5.65 Å². The SMILES string of the molecule is CN[C@H]1CC[C@H](c2cn3nc(N)cc(Nc4ccccc4)c3n2)CC1. The molecule has 6 heteroatoms. The van der Waals surface area contributed by atoms with Gasteiger partial charge < -0.3 is 16.4 Å². The van der Waals surface area contributed by atoms with Crippen LogP contribution in [0.4, 0.5) is 17.2 Å². The maximum atomic E-state index is 5.99. The first kappa shape index (κ1) is 15.9. The van der Waals surface area contributed by atoms with Gasteiger partial charge in [-0.15, -0.1) is 5.10 Å². The number of anilines is 3. The Morgan fingerprint density at radius 2 is 1.88 bits per heavy atom. The van der Waals surface area contributed by atoms with Crippen LogP contribution < -0.4 is 16.4 Å². The largest absolute Gasteiger partial charge is 0.382 e. The van der Waals surface area contributed by atoms with Crippen molar-refractivity contribution in [3.05, 3.63) is 48.3 Å². The molecule has 130 valence electrons. The van der Waals surface area contributed by atoms with E-state index in [0.29, 0.717) is 17.8 Å². The number of fused-ring (bicyclic) bond motifs is 1. The maximum absolute atomic E-state index is 5.99. The number of aromatic nitrogens is 3. The molecule has 1 aromatic carbocycles. The number of nitrogen functional groups attached to an aromatic ring is 1. The fraction of sp³-hybridized carbons (Fsp3) is 0.368. The summed E-state index contributed by atoms with van der Waals surface area (Å²) in [5, 5.41) is 11.2. The molecule has 0 radical (unpaired) electrons. The van der Waals surface area contributed by atoms with E-state index in [9.17, 15) is 0 Å². The third-order valence-electron chi connectivity index (χ3n) is 5.07. The first-order chi connectivity index (χ1) is 12.2. The number of benzene rings is 1. The predicted molar refractivity (Wildman–Crippen MR) is 101 cm³/mol. The lowest BCUT2D eigenvalue weighted by Crippen LogP contribution is -2.29. The van der Waals surface area contributed by atoms with Gasteiger partial charge in [-0.05, 0) is 44.9 Å². The van der Waals surface area contributed by atoms with E-state index in [1.165, 1.54) is 12.8 Å². The molecule has 6 nitrogen and oxygen atoms in total. The molecule has 0 amide bonds. The number of para-hydroxylation sites is 1. The lowest BCUT2D eigenvalue weighted by molar-refractivity contribution is 0.355. The molecular weight excluding hydrogens is 312 g/mol. The fourth-order valence-corrected chi connectivity index (χ4v) is 3.66. The second-order valence-corrected chi connectivity index (χ2v) is 6.75. The third kappa shape index (κ3) is 3.30. The number of nitrogens with one attached hydrogen (secondary N) is 2. The lowest BCUT2D eigenvalue weighted by Gasteiger charge is -2.26. The van der Waals surface area contributed by atoms with E-state index in [1.807, 2.05) is 49.6 Å². The van der Waals surface area contributed by atoms with Crippen LogP contribution in [0.1, 0.15) is 37.3 Å². The molecule has 2 heterocycles. The van der Waals surface area contributed by atoms with Crippen molar-refractivity contribution in [2.45, 2.75) is 37.6 Å². The molecule has 0 bridgehead atoms. The standard InChI is InChI=1S/C19H24N6/c1-21-14-9-7-13(8-10-14)17-12-25-19(23-17)16(11-18(20)24-25)22-15-5-3-2-4-6-15/h2-6,11-14,21-22H,7-10H2,1H3,(H2,20,24)/t13-,14-. The van der Waals surface area contributed by atoms with Crippen LogP contribution in [-0.4, -0.2) is 27.7 Å². The molecule has 0 saturated heterocycles. The van der Waals surface area contributed by atoms with Gasteiger partial charge >= 0.3 is 0 Å². The van der Waals surface area contributed by atoms with E-state index in [2.05, 4.69) is 15.7 Å². The zero-order valence-corrected chi connectivity index (χ0v) is 14.4. The number of imidazole rings is 1. The summed E-state index contributed by atoms with van der Waals surface area (Å²) < 4.78 is 1.81. The first-order valence-corrected chi connectivity index (χ1v) is 8.88. The topological polar surface area (TPSA) is 80.3 Å². The molecule has 0 unspecified atom stereocenters. The minimum absolute atomic E-state index is 0.480. The number of hydrogen-bond acceptors (Lipinski definition) is 5. The van der Waals surface area contributed by atoms with Crippen molar-refractivity contribution in [1.29, 1.82) is 0 Å². The van der Waals surface area contributed by atoms with E-state index < -0.39 is 0 Å². The van der Waals surface area contributed by atoms with Gasteiger partial charge in [-0.25, -0.2) is 9.50 Å². The fourth-order valence-electron chi connectivity index (χ4n) is 3.66. The molecule has 1 fully saturated rings. The third-order valence-corrected chi connectivity index (χ3v) is 5.07. The zero-order valence-electron chi connectivity index (χ0n) is 14.4. The van der Waals surface area contributed by atoms with Crippen molar-refractivity contribution < 1.29 is 0 Å². The summed E-state index contributed by atoms with van der Waals surface area (Å²) in [4.78, 5) is 4.89. The summed E-state index contributed by atoms with van der Waals surface area (Å²) in [5.41, 5.74) is 9.82. The maximum Gasteiger partial charge on any atom is 0.177 e. The Morgan fingerprint density at radius 1 is 1.12 bits per heavy atom. The average Bonchev–Trinajstić information content (AvgIpc) is 3.07. The van der Waals surface area contributed by atoms with Crippen molar-refractivity contribution in [1.82, 2.24) is 19.9 Å².